The van der Waals surface area contributed by atoms with Crippen LogP contribution >= 0.6 is 0 Å². The van der Waals surface area contributed by atoms with Gasteiger partial charge in [-0.05, 0) is 37.3 Å². The molecule has 3 aromatic rings. The average Bonchev–Trinajstić information content (AvgIpc) is 2.82. The van der Waals surface area contributed by atoms with E-state index in [1.165, 1.54) is 0 Å². The van der Waals surface area contributed by atoms with Gasteiger partial charge in [-0.15, -0.1) is 0 Å². The van der Waals surface area contributed by atoms with Crippen molar-refractivity contribution in [1.82, 2.24) is 10.1 Å². The van der Waals surface area contributed by atoms with Gasteiger partial charge in [-0.2, -0.15) is 0 Å². The number of benzene rings is 1. The molecular weight excluding hydrogens is 240 g/mol. The lowest BCUT2D eigenvalue weighted by Crippen LogP contribution is -2.01. The number of hydrogen-bond donors (Lipinski definition) is 2. The van der Waals surface area contributed by atoms with E-state index in [0.717, 1.165) is 33.9 Å². The fraction of sp³-hybridized carbons (Fsp3) is 0.143. The van der Waals surface area contributed by atoms with Crippen LogP contribution in [-0.2, 0) is 6.54 Å². The minimum Gasteiger partial charge on any atom is -0.399 e. The molecule has 3 N–H and O–H groups in total. The van der Waals surface area contributed by atoms with Crippen LogP contribution in [-0.4, -0.2) is 10.1 Å². The number of pyridine rings is 1. The molecule has 0 atom stereocenters. The first-order chi connectivity index (χ1) is 9.20. The molecule has 96 valence electrons. The van der Waals surface area contributed by atoms with Crippen LogP contribution in [0.1, 0.15) is 11.5 Å². The maximum absolute atomic E-state index is 5.74. The molecule has 2 aromatic heterocycles. The molecular formula is C14H14N4O. The van der Waals surface area contributed by atoms with Crippen molar-refractivity contribution >= 4 is 22.4 Å². The Hall–Kier alpha value is -2.56. The van der Waals surface area contributed by atoms with Crippen molar-refractivity contribution in [2.75, 3.05) is 11.1 Å². The van der Waals surface area contributed by atoms with Gasteiger partial charge in [-0.1, -0.05) is 5.16 Å². The Labute approximate surface area is 110 Å². The second-order valence-corrected chi connectivity index (χ2v) is 4.43. The van der Waals surface area contributed by atoms with E-state index in [9.17, 15) is 0 Å². The summed E-state index contributed by atoms with van der Waals surface area (Å²) in [5.74, 6) is 1.61. The molecule has 0 aliphatic heterocycles. The lowest BCUT2D eigenvalue weighted by molar-refractivity contribution is 0.391. The van der Waals surface area contributed by atoms with Gasteiger partial charge in [0.05, 0.1) is 12.1 Å². The SMILES string of the molecule is Cc1cc(CNc2ccc3cc(N)ccc3n2)no1. The van der Waals surface area contributed by atoms with Crippen LogP contribution in [0.2, 0.25) is 0 Å². The number of nitrogens with one attached hydrogen (secondary N) is 1. The standard InChI is InChI=1S/C14H14N4O/c1-9-6-12(18-19-9)8-16-14-5-2-10-7-11(15)3-4-13(10)17-14/h2-7H,8,15H2,1H3,(H,16,17). The zero-order valence-corrected chi connectivity index (χ0v) is 10.6. The van der Waals surface area contributed by atoms with Crippen LogP contribution in [0.3, 0.4) is 0 Å². The maximum Gasteiger partial charge on any atom is 0.133 e. The molecule has 0 unspecified atom stereocenters. The Morgan fingerprint density at radius 2 is 2.11 bits per heavy atom. The van der Waals surface area contributed by atoms with Crippen molar-refractivity contribution in [2.45, 2.75) is 13.5 Å². The first-order valence-electron chi connectivity index (χ1n) is 6.03. The topological polar surface area (TPSA) is 77.0 Å². The summed E-state index contributed by atoms with van der Waals surface area (Å²) in [6, 6.07) is 11.5. The molecule has 0 bridgehead atoms. The highest BCUT2D eigenvalue weighted by atomic mass is 16.5. The Kier molecular flexibility index (Phi) is 2.79. The number of fused-ring (bicyclic) bond motifs is 1. The van der Waals surface area contributed by atoms with Gasteiger partial charge in [0.2, 0.25) is 0 Å². The van der Waals surface area contributed by atoms with E-state index in [2.05, 4.69) is 15.5 Å². The molecule has 0 spiro atoms. The van der Waals surface area contributed by atoms with E-state index in [-0.39, 0.29) is 0 Å². The lowest BCUT2D eigenvalue weighted by atomic mass is 10.2. The van der Waals surface area contributed by atoms with Crippen LogP contribution in [0, 0.1) is 6.92 Å². The molecule has 3 rings (SSSR count). The van der Waals surface area contributed by atoms with Crippen LogP contribution in [0.25, 0.3) is 10.9 Å². The quantitative estimate of drug-likeness (QED) is 0.703. The first kappa shape index (κ1) is 11.5. The number of aromatic nitrogens is 2. The van der Waals surface area contributed by atoms with E-state index in [1.807, 2.05) is 43.3 Å². The van der Waals surface area contributed by atoms with Crippen molar-refractivity contribution in [3.05, 3.63) is 47.9 Å². The number of nitrogen functional groups attached to an aromatic ring is 1. The Morgan fingerprint density at radius 1 is 1.21 bits per heavy atom. The summed E-state index contributed by atoms with van der Waals surface area (Å²) >= 11 is 0. The highest BCUT2D eigenvalue weighted by molar-refractivity contribution is 5.83. The number of nitrogens with two attached hydrogens (primary N) is 1. The molecule has 0 amide bonds. The monoisotopic (exact) mass is 254 g/mol. The number of aryl methyl sites for hydroxylation is 1. The minimum absolute atomic E-state index is 0.588. The van der Waals surface area contributed by atoms with Crippen molar-refractivity contribution in [2.24, 2.45) is 0 Å². The predicted octanol–water partition coefficient (Wildman–Crippen LogP) is 2.73. The average molecular weight is 254 g/mol. The van der Waals surface area contributed by atoms with E-state index < -0.39 is 0 Å². The Bertz CT molecular complexity index is 720. The lowest BCUT2D eigenvalue weighted by Gasteiger charge is -2.05. The highest BCUT2D eigenvalue weighted by Crippen LogP contribution is 2.18. The molecule has 5 nitrogen and oxygen atoms in total. The normalized spacial score (nSPS) is 10.8. The summed E-state index contributed by atoms with van der Waals surface area (Å²) in [5.41, 5.74) is 8.25. The van der Waals surface area contributed by atoms with Gasteiger partial charge in [0.1, 0.15) is 17.3 Å². The number of rotatable bonds is 3. The third kappa shape index (κ3) is 2.49. The summed E-state index contributed by atoms with van der Waals surface area (Å²) in [5, 5.41) is 8.17. The van der Waals surface area contributed by atoms with Crippen LogP contribution in [0.5, 0.6) is 0 Å². The predicted molar refractivity (Wildman–Crippen MR) is 74.7 cm³/mol. The molecule has 2 heterocycles. The van der Waals surface area contributed by atoms with Crippen LogP contribution in [0.4, 0.5) is 11.5 Å². The molecule has 0 aliphatic carbocycles. The van der Waals surface area contributed by atoms with Crippen molar-refractivity contribution in [3.8, 4) is 0 Å². The van der Waals surface area contributed by atoms with Gasteiger partial charge in [0.25, 0.3) is 0 Å². The fourth-order valence-electron chi connectivity index (χ4n) is 1.92. The smallest absolute Gasteiger partial charge is 0.133 e. The summed E-state index contributed by atoms with van der Waals surface area (Å²) < 4.78 is 5.01. The summed E-state index contributed by atoms with van der Waals surface area (Å²) in [4.78, 5) is 4.51. The Morgan fingerprint density at radius 3 is 2.89 bits per heavy atom. The largest absolute Gasteiger partial charge is 0.399 e. The molecule has 19 heavy (non-hydrogen) atoms. The summed E-state index contributed by atoms with van der Waals surface area (Å²) in [6.45, 7) is 2.46. The first-order valence-corrected chi connectivity index (χ1v) is 6.03. The maximum atomic E-state index is 5.74. The number of hydrogen-bond acceptors (Lipinski definition) is 5. The van der Waals surface area contributed by atoms with Gasteiger partial charge in [0.15, 0.2) is 0 Å². The molecule has 0 aliphatic rings. The van der Waals surface area contributed by atoms with Crippen LogP contribution in [0.15, 0.2) is 40.9 Å². The third-order valence-electron chi connectivity index (χ3n) is 2.84. The number of anilines is 2. The van der Waals surface area contributed by atoms with E-state index in [1.54, 1.807) is 0 Å². The third-order valence-corrected chi connectivity index (χ3v) is 2.84. The van der Waals surface area contributed by atoms with Gasteiger partial charge in [-0.25, -0.2) is 4.98 Å². The zero-order valence-electron chi connectivity index (χ0n) is 10.6. The molecule has 0 saturated heterocycles. The van der Waals surface area contributed by atoms with Gasteiger partial charge in [-0.3, -0.25) is 0 Å². The van der Waals surface area contributed by atoms with Crippen molar-refractivity contribution < 1.29 is 4.52 Å². The van der Waals surface area contributed by atoms with E-state index in [0.29, 0.717) is 6.54 Å². The van der Waals surface area contributed by atoms with Crippen LogP contribution < -0.4 is 11.1 Å². The van der Waals surface area contributed by atoms with Crippen molar-refractivity contribution in [3.63, 3.8) is 0 Å². The highest BCUT2D eigenvalue weighted by Gasteiger charge is 2.02. The van der Waals surface area contributed by atoms with E-state index >= 15 is 0 Å². The molecule has 5 heteroatoms. The van der Waals surface area contributed by atoms with Gasteiger partial charge < -0.3 is 15.6 Å². The second-order valence-electron chi connectivity index (χ2n) is 4.43. The second kappa shape index (κ2) is 4.61. The van der Waals surface area contributed by atoms with E-state index in [4.69, 9.17) is 10.3 Å². The fourth-order valence-corrected chi connectivity index (χ4v) is 1.92. The summed E-state index contributed by atoms with van der Waals surface area (Å²) in [7, 11) is 0. The van der Waals surface area contributed by atoms with Crippen molar-refractivity contribution in [1.29, 1.82) is 0 Å². The van der Waals surface area contributed by atoms with Gasteiger partial charge in [0, 0.05) is 17.1 Å². The minimum atomic E-state index is 0.588. The zero-order chi connectivity index (χ0) is 13.2. The van der Waals surface area contributed by atoms with Gasteiger partial charge >= 0.3 is 0 Å². The molecule has 0 saturated carbocycles. The Balaban J connectivity index is 1.79. The molecule has 0 fully saturated rings. The summed E-state index contributed by atoms with van der Waals surface area (Å²) in [6.07, 6.45) is 0. The molecule has 0 radical (unpaired) electrons. The number of nitrogens with zero attached hydrogens (tertiary/aromatic N) is 2. The molecule has 1 aromatic carbocycles.